The zero-order chi connectivity index (χ0) is 14.6. The summed E-state index contributed by atoms with van der Waals surface area (Å²) in [6.07, 6.45) is -3.05. The Morgan fingerprint density at radius 2 is 2.21 bits per heavy atom. The Bertz CT molecular complexity index is 567. The van der Waals surface area contributed by atoms with Crippen LogP contribution in [0.15, 0.2) is 12.1 Å². The highest BCUT2D eigenvalue weighted by atomic mass is 19.3. The van der Waals surface area contributed by atoms with E-state index in [0.717, 1.165) is 6.07 Å². The van der Waals surface area contributed by atoms with Crippen molar-refractivity contribution in [3.05, 3.63) is 38.9 Å². The largest absolute Gasteiger partial charge is 0.462 e. The number of hydrogen-bond acceptors (Lipinski definition) is 5. The second-order valence-corrected chi connectivity index (χ2v) is 3.35. The van der Waals surface area contributed by atoms with E-state index in [0.29, 0.717) is 6.07 Å². The minimum absolute atomic E-state index is 0.0333. The summed E-state index contributed by atoms with van der Waals surface area (Å²) in [6, 6.07) is 2.74. The van der Waals surface area contributed by atoms with Crippen molar-refractivity contribution in [1.82, 2.24) is 0 Å². The van der Waals surface area contributed by atoms with E-state index in [9.17, 15) is 23.7 Å². The highest BCUT2D eigenvalue weighted by Crippen LogP contribution is 2.30. The van der Waals surface area contributed by atoms with Gasteiger partial charge in [-0.1, -0.05) is 0 Å². The maximum atomic E-state index is 12.6. The molecule has 0 radical (unpaired) electrons. The van der Waals surface area contributed by atoms with Crippen molar-refractivity contribution in [2.45, 2.75) is 13.3 Å². The molecule has 0 aliphatic rings. The van der Waals surface area contributed by atoms with Crippen LogP contribution in [0.25, 0.3) is 0 Å². The Morgan fingerprint density at radius 1 is 1.58 bits per heavy atom. The van der Waals surface area contributed by atoms with Crippen LogP contribution in [0.2, 0.25) is 0 Å². The summed E-state index contributed by atoms with van der Waals surface area (Å²) in [5, 5.41) is 19.5. The number of hydrogen-bond donors (Lipinski definition) is 0. The van der Waals surface area contributed by atoms with Crippen molar-refractivity contribution in [2.24, 2.45) is 0 Å². The molecule has 0 aliphatic carbocycles. The van der Waals surface area contributed by atoms with Crippen LogP contribution >= 0.6 is 0 Å². The van der Waals surface area contributed by atoms with E-state index in [4.69, 9.17) is 5.26 Å². The lowest BCUT2D eigenvalue weighted by Gasteiger charge is -2.07. The van der Waals surface area contributed by atoms with E-state index in [1.165, 1.54) is 13.0 Å². The van der Waals surface area contributed by atoms with Gasteiger partial charge in [0.15, 0.2) is 0 Å². The zero-order valence-electron chi connectivity index (χ0n) is 9.72. The van der Waals surface area contributed by atoms with Crippen molar-refractivity contribution in [1.29, 1.82) is 5.26 Å². The number of nitrogens with zero attached hydrogens (tertiary/aromatic N) is 2. The standard InChI is InChI=1S/C11H8F2N2O4/c1-2-19-11(16)8-3-6(5-14)7(10(12)13)4-9(8)15(17)18/h3-4,10H,2H2,1H3. The van der Waals surface area contributed by atoms with Gasteiger partial charge >= 0.3 is 5.97 Å². The molecule has 100 valence electrons. The van der Waals surface area contributed by atoms with Gasteiger partial charge in [0.25, 0.3) is 12.1 Å². The zero-order valence-corrected chi connectivity index (χ0v) is 9.72. The molecule has 0 fully saturated rings. The third-order valence-corrected chi connectivity index (χ3v) is 2.22. The monoisotopic (exact) mass is 270 g/mol. The summed E-state index contributed by atoms with van der Waals surface area (Å²) in [5.41, 5.74) is -2.62. The lowest BCUT2D eigenvalue weighted by molar-refractivity contribution is -0.385. The number of nitro groups is 1. The van der Waals surface area contributed by atoms with Gasteiger partial charge in [0.05, 0.1) is 23.2 Å². The number of alkyl halides is 2. The molecule has 1 aromatic rings. The van der Waals surface area contributed by atoms with Crippen LogP contribution in [0.5, 0.6) is 0 Å². The van der Waals surface area contributed by atoms with Crippen LogP contribution in [-0.4, -0.2) is 17.5 Å². The molecule has 1 rings (SSSR count). The van der Waals surface area contributed by atoms with Gasteiger partial charge in [-0.2, -0.15) is 5.26 Å². The molecular formula is C11H8F2N2O4. The number of carbonyl (C=O) groups excluding carboxylic acids is 1. The van der Waals surface area contributed by atoms with Crippen LogP contribution in [0.1, 0.15) is 34.8 Å². The predicted octanol–water partition coefficient (Wildman–Crippen LogP) is 2.58. The molecule has 6 nitrogen and oxygen atoms in total. The summed E-state index contributed by atoms with van der Waals surface area (Å²) >= 11 is 0. The summed E-state index contributed by atoms with van der Waals surface area (Å²) in [6.45, 7) is 1.46. The number of nitriles is 1. The van der Waals surface area contributed by atoms with Gasteiger partial charge in [0.1, 0.15) is 5.56 Å². The van der Waals surface area contributed by atoms with Gasteiger partial charge in [0.2, 0.25) is 0 Å². The van der Waals surface area contributed by atoms with E-state index >= 15 is 0 Å². The van der Waals surface area contributed by atoms with Gasteiger partial charge < -0.3 is 4.74 Å². The van der Waals surface area contributed by atoms with Crippen LogP contribution in [0, 0.1) is 21.4 Å². The maximum absolute atomic E-state index is 12.6. The van der Waals surface area contributed by atoms with Crippen molar-refractivity contribution in [3.63, 3.8) is 0 Å². The Morgan fingerprint density at radius 3 is 2.63 bits per heavy atom. The van der Waals surface area contributed by atoms with Crippen LogP contribution in [0.3, 0.4) is 0 Å². The lowest BCUT2D eigenvalue weighted by atomic mass is 10.0. The molecular weight excluding hydrogens is 262 g/mol. The molecule has 0 aromatic heterocycles. The average Bonchev–Trinajstić information content (AvgIpc) is 2.36. The number of benzene rings is 1. The Kier molecular flexibility index (Phi) is 4.47. The fraction of sp³-hybridized carbons (Fsp3) is 0.273. The number of carbonyl (C=O) groups is 1. The molecule has 1 aromatic carbocycles. The third kappa shape index (κ3) is 3.01. The van der Waals surface area contributed by atoms with Crippen LogP contribution < -0.4 is 0 Å². The number of nitro benzene ring substituents is 1. The second kappa shape index (κ2) is 5.86. The highest BCUT2D eigenvalue weighted by Gasteiger charge is 2.27. The van der Waals surface area contributed by atoms with Gasteiger partial charge in [-0.05, 0) is 13.0 Å². The first-order valence-corrected chi connectivity index (χ1v) is 5.10. The fourth-order valence-corrected chi connectivity index (χ4v) is 1.41. The molecule has 8 heteroatoms. The molecule has 0 unspecified atom stereocenters. The molecule has 0 saturated carbocycles. The topological polar surface area (TPSA) is 93.2 Å². The quantitative estimate of drug-likeness (QED) is 0.476. The van der Waals surface area contributed by atoms with Crippen molar-refractivity contribution in [2.75, 3.05) is 6.61 Å². The molecule has 0 heterocycles. The predicted molar refractivity (Wildman–Crippen MR) is 58.7 cm³/mol. The number of esters is 1. The van der Waals surface area contributed by atoms with Crippen molar-refractivity contribution >= 4 is 11.7 Å². The van der Waals surface area contributed by atoms with E-state index in [1.54, 1.807) is 0 Å². The first-order chi connectivity index (χ1) is 8.92. The Labute approximate surface area is 106 Å². The fourth-order valence-electron chi connectivity index (χ4n) is 1.41. The van der Waals surface area contributed by atoms with Crippen molar-refractivity contribution < 1.29 is 23.2 Å². The van der Waals surface area contributed by atoms with E-state index < -0.39 is 39.7 Å². The first-order valence-electron chi connectivity index (χ1n) is 5.10. The van der Waals surface area contributed by atoms with Gasteiger partial charge in [-0.3, -0.25) is 10.1 Å². The van der Waals surface area contributed by atoms with E-state index in [-0.39, 0.29) is 6.61 Å². The maximum Gasteiger partial charge on any atom is 0.345 e. The molecule has 0 spiro atoms. The van der Waals surface area contributed by atoms with Gasteiger partial charge in [0, 0.05) is 11.6 Å². The van der Waals surface area contributed by atoms with E-state index in [1.807, 2.05) is 0 Å². The number of halogens is 2. The molecule has 0 aliphatic heterocycles. The second-order valence-electron chi connectivity index (χ2n) is 3.35. The molecule has 0 N–H and O–H groups in total. The molecule has 19 heavy (non-hydrogen) atoms. The van der Waals surface area contributed by atoms with Crippen LogP contribution in [-0.2, 0) is 4.74 Å². The SMILES string of the molecule is CCOC(=O)c1cc(C#N)c(C(F)F)cc1[N+](=O)[O-]. The number of ether oxygens (including phenoxy) is 1. The summed E-state index contributed by atoms with van der Waals surface area (Å²) in [4.78, 5) is 21.3. The minimum atomic E-state index is -3.05. The first kappa shape index (κ1) is 14.5. The molecule has 0 bridgehead atoms. The highest BCUT2D eigenvalue weighted by molar-refractivity contribution is 5.94. The minimum Gasteiger partial charge on any atom is -0.462 e. The third-order valence-electron chi connectivity index (χ3n) is 2.22. The van der Waals surface area contributed by atoms with Crippen molar-refractivity contribution in [3.8, 4) is 6.07 Å². The Hall–Kier alpha value is -2.56. The molecule has 0 amide bonds. The lowest BCUT2D eigenvalue weighted by Crippen LogP contribution is -2.09. The van der Waals surface area contributed by atoms with E-state index in [2.05, 4.69) is 4.74 Å². The average molecular weight is 270 g/mol. The number of rotatable bonds is 4. The van der Waals surface area contributed by atoms with Crippen LogP contribution in [0.4, 0.5) is 14.5 Å². The summed E-state index contributed by atoms with van der Waals surface area (Å²) < 4.78 is 29.9. The van der Waals surface area contributed by atoms with Gasteiger partial charge in [-0.15, -0.1) is 0 Å². The summed E-state index contributed by atoms with van der Waals surface area (Å²) in [7, 11) is 0. The molecule has 0 saturated heterocycles. The van der Waals surface area contributed by atoms with Gasteiger partial charge in [-0.25, -0.2) is 13.6 Å². The smallest absolute Gasteiger partial charge is 0.345 e. The Balaban J connectivity index is 3.50. The normalized spacial score (nSPS) is 10.1. The summed E-state index contributed by atoms with van der Waals surface area (Å²) in [5.74, 6) is -1.04. The molecule has 0 atom stereocenters.